The van der Waals surface area contributed by atoms with E-state index in [9.17, 15) is 5.11 Å². The molecular formula is C19H18Cl2NO2+. The number of hydrogen-bond donors (Lipinski definition) is 2. The highest BCUT2D eigenvalue weighted by Gasteiger charge is 2.11. The standard InChI is InChI=1S/C19H17Cl2NO2/c20-15-8-14(9-16(21)10-15)19-7-6-17(24-19)11-22-12-18(23)13-4-2-1-3-5-13/h1-10,18,22-23H,11-12H2/p+1/t18-/m0/s1. The van der Waals surface area contributed by atoms with Crippen molar-refractivity contribution in [1.82, 2.24) is 0 Å². The fraction of sp³-hybridized carbons (Fsp3) is 0.158. The zero-order valence-electron chi connectivity index (χ0n) is 13.0. The molecule has 1 heterocycles. The van der Waals surface area contributed by atoms with Crippen molar-refractivity contribution in [2.24, 2.45) is 0 Å². The first-order valence-corrected chi connectivity index (χ1v) is 8.47. The summed E-state index contributed by atoms with van der Waals surface area (Å²) in [6.07, 6.45) is -0.493. The van der Waals surface area contributed by atoms with Crippen LogP contribution in [0.3, 0.4) is 0 Å². The predicted octanol–water partition coefficient (Wildman–Crippen LogP) is 4.05. The number of benzene rings is 2. The molecule has 0 fully saturated rings. The van der Waals surface area contributed by atoms with Crippen LogP contribution >= 0.6 is 23.2 Å². The summed E-state index contributed by atoms with van der Waals surface area (Å²) in [5, 5.41) is 13.3. The van der Waals surface area contributed by atoms with E-state index in [2.05, 4.69) is 0 Å². The zero-order chi connectivity index (χ0) is 16.9. The molecule has 0 saturated heterocycles. The molecule has 1 aromatic heterocycles. The molecule has 0 aliphatic carbocycles. The van der Waals surface area contributed by atoms with Gasteiger partial charge in [0.2, 0.25) is 0 Å². The maximum absolute atomic E-state index is 10.2. The van der Waals surface area contributed by atoms with Gasteiger partial charge >= 0.3 is 0 Å². The molecule has 1 atom stereocenters. The third-order valence-electron chi connectivity index (χ3n) is 3.73. The number of rotatable bonds is 6. The van der Waals surface area contributed by atoms with Crippen LogP contribution in [0.5, 0.6) is 0 Å². The number of aliphatic hydroxyl groups is 1. The third kappa shape index (κ3) is 4.40. The fourth-order valence-corrected chi connectivity index (χ4v) is 3.06. The van der Waals surface area contributed by atoms with Crippen molar-refractivity contribution in [3.63, 3.8) is 0 Å². The van der Waals surface area contributed by atoms with Gasteiger partial charge in [-0.2, -0.15) is 0 Å². The normalized spacial score (nSPS) is 12.3. The first-order valence-electron chi connectivity index (χ1n) is 7.71. The van der Waals surface area contributed by atoms with Gasteiger partial charge in [0.1, 0.15) is 25.0 Å². The minimum atomic E-state index is -0.493. The Morgan fingerprint density at radius 1 is 0.958 bits per heavy atom. The second-order valence-electron chi connectivity index (χ2n) is 5.58. The van der Waals surface area contributed by atoms with Gasteiger partial charge in [0.05, 0.1) is 0 Å². The van der Waals surface area contributed by atoms with Crippen LogP contribution < -0.4 is 5.32 Å². The lowest BCUT2D eigenvalue weighted by molar-refractivity contribution is -0.679. The van der Waals surface area contributed by atoms with E-state index in [0.717, 1.165) is 22.6 Å². The highest BCUT2D eigenvalue weighted by atomic mass is 35.5. The Bertz CT molecular complexity index is 782. The summed E-state index contributed by atoms with van der Waals surface area (Å²) >= 11 is 12.0. The molecule has 0 radical (unpaired) electrons. The van der Waals surface area contributed by atoms with Crippen molar-refractivity contribution < 1.29 is 14.8 Å². The van der Waals surface area contributed by atoms with Gasteiger partial charge in [-0.3, -0.25) is 0 Å². The average Bonchev–Trinajstić information content (AvgIpc) is 3.04. The number of halogens is 2. The Balaban J connectivity index is 1.58. The summed E-state index contributed by atoms with van der Waals surface area (Å²) in [5.74, 6) is 1.56. The average molecular weight is 363 g/mol. The van der Waals surface area contributed by atoms with Crippen LogP contribution in [0.4, 0.5) is 0 Å². The fourth-order valence-electron chi connectivity index (χ4n) is 2.53. The van der Waals surface area contributed by atoms with Crippen LogP contribution in [0.25, 0.3) is 11.3 Å². The van der Waals surface area contributed by atoms with Crippen LogP contribution in [-0.4, -0.2) is 11.7 Å². The van der Waals surface area contributed by atoms with Gasteiger partial charge in [-0.1, -0.05) is 53.5 Å². The highest BCUT2D eigenvalue weighted by Crippen LogP contribution is 2.28. The van der Waals surface area contributed by atoms with E-state index in [-0.39, 0.29) is 0 Å². The Kier molecular flexibility index (Phi) is 5.59. The molecule has 3 aromatic rings. The SMILES string of the molecule is O[C@@H](C[NH2+]Cc1ccc(-c2cc(Cl)cc(Cl)c2)o1)c1ccccc1. The van der Waals surface area contributed by atoms with Gasteiger partial charge in [-0.25, -0.2) is 0 Å². The molecule has 5 heteroatoms. The smallest absolute Gasteiger partial charge is 0.158 e. The van der Waals surface area contributed by atoms with Crippen LogP contribution in [-0.2, 0) is 6.54 Å². The molecule has 0 spiro atoms. The molecule has 0 amide bonds. The summed E-state index contributed by atoms with van der Waals surface area (Å²) in [6.45, 7) is 1.22. The Morgan fingerprint density at radius 2 is 1.67 bits per heavy atom. The zero-order valence-corrected chi connectivity index (χ0v) is 14.5. The Labute approximate surface area is 150 Å². The molecule has 0 bridgehead atoms. The Morgan fingerprint density at radius 3 is 2.38 bits per heavy atom. The lowest BCUT2D eigenvalue weighted by Crippen LogP contribution is -2.83. The van der Waals surface area contributed by atoms with Crippen molar-refractivity contribution in [3.8, 4) is 11.3 Å². The topological polar surface area (TPSA) is 50.0 Å². The van der Waals surface area contributed by atoms with Crippen molar-refractivity contribution in [1.29, 1.82) is 0 Å². The van der Waals surface area contributed by atoms with Gasteiger partial charge in [-0.05, 0) is 35.9 Å². The molecule has 0 aliphatic rings. The van der Waals surface area contributed by atoms with Crippen molar-refractivity contribution in [3.05, 3.63) is 82.0 Å². The predicted molar refractivity (Wildman–Crippen MR) is 96.1 cm³/mol. The number of furan rings is 1. The molecule has 3 nitrogen and oxygen atoms in total. The number of hydrogen-bond acceptors (Lipinski definition) is 2. The van der Waals surface area contributed by atoms with Crippen LogP contribution in [0.15, 0.2) is 65.1 Å². The van der Waals surface area contributed by atoms with Gasteiger partial charge in [0.15, 0.2) is 5.76 Å². The first kappa shape index (κ1) is 17.1. The third-order valence-corrected chi connectivity index (χ3v) is 4.16. The largest absolute Gasteiger partial charge is 0.455 e. The summed E-state index contributed by atoms with van der Waals surface area (Å²) in [6, 6.07) is 18.8. The highest BCUT2D eigenvalue weighted by molar-refractivity contribution is 6.35. The maximum atomic E-state index is 10.2. The van der Waals surface area contributed by atoms with E-state index in [1.54, 1.807) is 6.07 Å². The lowest BCUT2D eigenvalue weighted by atomic mass is 10.1. The van der Waals surface area contributed by atoms with E-state index < -0.39 is 6.10 Å². The molecule has 0 aliphatic heterocycles. The van der Waals surface area contributed by atoms with Crippen molar-refractivity contribution in [2.45, 2.75) is 12.6 Å². The number of aliphatic hydroxyl groups excluding tert-OH is 1. The minimum Gasteiger partial charge on any atom is -0.455 e. The molecule has 0 saturated carbocycles. The first-order chi connectivity index (χ1) is 11.6. The van der Waals surface area contributed by atoms with Gasteiger partial charge in [0, 0.05) is 15.6 Å². The van der Waals surface area contributed by atoms with E-state index in [0.29, 0.717) is 23.1 Å². The number of quaternary nitrogens is 1. The minimum absolute atomic E-state index is 0.493. The Hall–Kier alpha value is -1.78. The van der Waals surface area contributed by atoms with E-state index in [1.165, 1.54) is 0 Å². The van der Waals surface area contributed by atoms with Crippen LogP contribution in [0.1, 0.15) is 17.4 Å². The van der Waals surface area contributed by atoms with Gasteiger partial charge in [-0.15, -0.1) is 0 Å². The molecule has 3 N–H and O–H groups in total. The second-order valence-corrected chi connectivity index (χ2v) is 6.45. The lowest BCUT2D eigenvalue weighted by Gasteiger charge is -2.08. The van der Waals surface area contributed by atoms with Crippen molar-refractivity contribution in [2.75, 3.05) is 6.54 Å². The van der Waals surface area contributed by atoms with Gasteiger partial charge in [0.25, 0.3) is 0 Å². The van der Waals surface area contributed by atoms with E-state index in [1.807, 2.05) is 59.9 Å². The van der Waals surface area contributed by atoms with Gasteiger partial charge < -0.3 is 14.8 Å². The summed E-state index contributed by atoms with van der Waals surface area (Å²) in [7, 11) is 0. The molecular weight excluding hydrogens is 345 g/mol. The van der Waals surface area contributed by atoms with Crippen molar-refractivity contribution >= 4 is 23.2 Å². The molecule has 3 rings (SSSR count). The quantitative estimate of drug-likeness (QED) is 0.694. The number of nitrogens with two attached hydrogens (primary N) is 1. The molecule has 2 aromatic carbocycles. The summed E-state index contributed by atoms with van der Waals surface area (Å²) < 4.78 is 5.84. The van der Waals surface area contributed by atoms with E-state index >= 15 is 0 Å². The molecule has 24 heavy (non-hydrogen) atoms. The molecule has 124 valence electrons. The summed E-state index contributed by atoms with van der Waals surface area (Å²) in [5.41, 5.74) is 1.77. The second kappa shape index (κ2) is 7.86. The van der Waals surface area contributed by atoms with Crippen LogP contribution in [0.2, 0.25) is 10.0 Å². The monoisotopic (exact) mass is 362 g/mol. The molecule has 0 unspecified atom stereocenters. The maximum Gasteiger partial charge on any atom is 0.158 e. The van der Waals surface area contributed by atoms with Crippen LogP contribution in [0, 0.1) is 0 Å². The van der Waals surface area contributed by atoms with E-state index in [4.69, 9.17) is 27.6 Å². The summed E-state index contributed by atoms with van der Waals surface area (Å²) in [4.78, 5) is 0.